The van der Waals surface area contributed by atoms with Crippen LogP contribution in [0.5, 0.6) is 5.75 Å². The molecule has 1 amide bonds. The number of benzene rings is 2. The SMILES string of the molecule is COc1ccc(-c2nnc(CCNC(=O)OCc3ccccc3)o2)cc1. The van der Waals surface area contributed by atoms with Crippen molar-refractivity contribution >= 4 is 6.09 Å². The van der Waals surface area contributed by atoms with Gasteiger partial charge in [0.05, 0.1) is 7.11 Å². The molecule has 0 bridgehead atoms. The van der Waals surface area contributed by atoms with Gasteiger partial charge >= 0.3 is 6.09 Å². The van der Waals surface area contributed by atoms with E-state index >= 15 is 0 Å². The molecule has 0 unspecified atom stereocenters. The van der Waals surface area contributed by atoms with Crippen LogP contribution in [0, 0.1) is 0 Å². The number of nitrogens with one attached hydrogen (secondary N) is 1. The van der Waals surface area contributed by atoms with E-state index in [0.29, 0.717) is 24.7 Å². The average Bonchev–Trinajstić information content (AvgIpc) is 3.16. The summed E-state index contributed by atoms with van der Waals surface area (Å²) in [6.07, 6.45) is -0.0624. The van der Waals surface area contributed by atoms with Gasteiger partial charge in [-0.15, -0.1) is 10.2 Å². The van der Waals surface area contributed by atoms with Crippen molar-refractivity contribution in [1.29, 1.82) is 0 Å². The van der Waals surface area contributed by atoms with Gasteiger partial charge in [-0.2, -0.15) is 0 Å². The Kier molecular flexibility index (Phi) is 5.82. The van der Waals surface area contributed by atoms with E-state index < -0.39 is 6.09 Å². The zero-order valence-electron chi connectivity index (χ0n) is 14.3. The number of aromatic nitrogens is 2. The Morgan fingerprint density at radius 1 is 1.08 bits per heavy atom. The molecule has 0 spiro atoms. The number of methoxy groups -OCH3 is 1. The Bertz CT molecular complexity index is 832. The normalized spacial score (nSPS) is 10.3. The first-order valence-electron chi connectivity index (χ1n) is 8.16. The summed E-state index contributed by atoms with van der Waals surface area (Å²) in [6, 6.07) is 16.8. The number of rotatable bonds is 7. The molecular formula is C19H19N3O4. The van der Waals surface area contributed by atoms with Crippen molar-refractivity contribution in [2.45, 2.75) is 13.0 Å². The van der Waals surface area contributed by atoms with Gasteiger partial charge in [0.2, 0.25) is 11.8 Å². The number of hydrogen-bond donors (Lipinski definition) is 1. The number of carbonyl (C=O) groups is 1. The zero-order valence-corrected chi connectivity index (χ0v) is 14.3. The Hall–Kier alpha value is -3.35. The minimum atomic E-state index is -0.483. The number of carbonyl (C=O) groups excluding carboxylic acids is 1. The highest BCUT2D eigenvalue weighted by atomic mass is 16.5. The first kappa shape index (κ1) is 17.5. The third-order valence-electron chi connectivity index (χ3n) is 3.62. The first-order valence-corrected chi connectivity index (χ1v) is 8.16. The smallest absolute Gasteiger partial charge is 0.407 e. The van der Waals surface area contributed by atoms with Crippen molar-refractivity contribution in [2.75, 3.05) is 13.7 Å². The minimum absolute atomic E-state index is 0.231. The van der Waals surface area contributed by atoms with Crippen molar-refractivity contribution in [3.63, 3.8) is 0 Å². The van der Waals surface area contributed by atoms with E-state index in [1.807, 2.05) is 54.6 Å². The molecular weight excluding hydrogens is 334 g/mol. The van der Waals surface area contributed by atoms with Gasteiger partial charge in [-0.1, -0.05) is 30.3 Å². The van der Waals surface area contributed by atoms with E-state index in [1.54, 1.807) is 7.11 Å². The largest absolute Gasteiger partial charge is 0.497 e. The van der Waals surface area contributed by atoms with Crippen molar-refractivity contribution in [3.8, 4) is 17.2 Å². The van der Waals surface area contributed by atoms with E-state index in [2.05, 4.69) is 15.5 Å². The van der Waals surface area contributed by atoms with E-state index in [-0.39, 0.29) is 6.61 Å². The van der Waals surface area contributed by atoms with Gasteiger partial charge in [-0.05, 0) is 29.8 Å². The van der Waals surface area contributed by atoms with E-state index in [1.165, 1.54) is 0 Å². The second kappa shape index (κ2) is 8.66. The third-order valence-corrected chi connectivity index (χ3v) is 3.62. The van der Waals surface area contributed by atoms with Crippen LogP contribution in [-0.4, -0.2) is 29.9 Å². The molecule has 134 valence electrons. The van der Waals surface area contributed by atoms with Gasteiger partial charge in [-0.25, -0.2) is 4.79 Å². The van der Waals surface area contributed by atoms with Crippen molar-refractivity contribution in [2.24, 2.45) is 0 Å². The lowest BCUT2D eigenvalue weighted by molar-refractivity contribution is 0.139. The fraction of sp³-hybridized carbons (Fsp3) is 0.211. The zero-order chi connectivity index (χ0) is 18.2. The Morgan fingerprint density at radius 2 is 1.85 bits per heavy atom. The standard InChI is InChI=1S/C19H19N3O4/c1-24-16-9-7-15(8-10-16)18-22-21-17(26-18)11-12-20-19(23)25-13-14-5-3-2-4-6-14/h2-10H,11-13H2,1H3,(H,20,23). The summed E-state index contributed by atoms with van der Waals surface area (Å²) in [4.78, 5) is 11.7. The molecule has 0 saturated heterocycles. The lowest BCUT2D eigenvalue weighted by Crippen LogP contribution is -2.26. The molecule has 0 aliphatic carbocycles. The summed E-state index contributed by atoms with van der Waals surface area (Å²) in [5.74, 6) is 1.63. The molecule has 1 N–H and O–H groups in total. The lowest BCUT2D eigenvalue weighted by Gasteiger charge is -2.05. The number of alkyl carbamates (subject to hydrolysis) is 1. The topological polar surface area (TPSA) is 86.5 Å². The van der Waals surface area contributed by atoms with E-state index in [0.717, 1.165) is 16.9 Å². The highest BCUT2D eigenvalue weighted by Crippen LogP contribution is 2.21. The summed E-state index contributed by atoms with van der Waals surface area (Å²) < 4.78 is 15.8. The second-order valence-electron chi connectivity index (χ2n) is 5.47. The van der Waals surface area contributed by atoms with E-state index in [9.17, 15) is 4.79 Å². The van der Waals surface area contributed by atoms with Gasteiger partial charge in [-0.3, -0.25) is 0 Å². The van der Waals surface area contributed by atoms with E-state index in [4.69, 9.17) is 13.9 Å². The minimum Gasteiger partial charge on any atom is -0.497 e. The highest BCUT2D eigenvalue weighted by Gasteiger charge is 2.09. The van der Waals surface area contributed by atoms with Crippen molar-refractivity contribution in [1.82, 2.24) is 15.5 Å². The van der Waals surface area contributed by atoms with Crippen LogP contribution in [0.4, 0.5) is 4.79 Å². The predicted octanol–water partition coefficient (Wildman–Crippen LogP) is 3.21. The molecule has 1 heterocycles. The summed E-state index contributed by atoms with van der Waals surface area (Å²) in [7, 11) is 1.61. The Balaban J connectivity index is 1.43. The quantitative estimate of drug-likeness (QED) is 0.702. The molecule has 0 atom stereocenters. The molecule has 0 aliphatic heterocycles. The van der Waals surface area contributed by atoms with Crippen LogP contribution >= 0.6 is 0 Å². The van der Waals surface area contributed by atoms with Crippen molar-refractivity contribution < 1.29 is 18.7 Å². The number of hydrogen-bond acceptors (Lipinski definition) is 6. The maximum absolute atomic E-state index is 11.7. The molecule has 0 radical (unpaired) electrons. The first-order chi connectivity index (χ1) is 12.7. The molecule has 3 rings (SSSR count). The van der Waals surface area contributed by atoms with Gasteiger partial charge in [0.15, 0.2) is 0 Å². The fourth-order valence-corrected chi connectivity index (χ4v) is 2.25. The molecule has 26 heavy (non-hydrogen) atoms. The third kappa shape index (κ3) is 4.83. The van der Waals surface area contributed by atoms with Crippen LogP contribution in [0.1, 0.15) is 11.5 Å². The number of nitrogens with zero attached hydrogens (tertiary/aromatic N) is 2. The average molecular weight is 353 g/mol. The number of ether oxygens (including phenoxy) is 2. The lowest BCUT2D eigenvalue weighted by atomic mass is 10.2. The van der Waals surface area contributed by atoms with Crippen LogP contribution in [0.25, 0.3) is 11.5 Å². The van der Waals surface area contributed by atoms with Crippen LogP contribution < -0.4 is 10.1 Å². The van der Waals surface area contributed by atoms with Crippen molar-refractivity contribution in [3.05, 3.63) is 66.1 Å². The maximum Gasteiger partial charge on any atom is 0.407 e. The molecule has 1 aromatic heterocycles. The van der Waals surface area contributed by atoms with Crippen LogP contribution in [0.3, 0.4) is 0 Å². The molecule has 3 aromatic rings. The van der Waals surface area contributed by atoms with Gasteiger partial charge in [0, 0.05) is 18.5 Å². The molecule has 7 nitrogen and oxygen atoms in total. The van der Waals surface area contributed by atoms with Crippen LogP contribution in [0.15, 0.2) is 59.0 Å². The highest BCUT2D eigenvalue weighted by molar-refractivity contribution is 5.67. The summed E-state index contributed by atoms with van der Waals surface area (Å²) in [5.41, 5.74) is 1.74. The molecule has 2 aromatic carbocycles. The second-order valence-corrected chi connectivity index (χ2v) is 5.47. The van der Waals surface area contributed by atoms with Gasteiger partial charge < -0.3 is 19.2 Å². The Morgan fingerprint density at radius 3 is 2.58 bits per heavy atom. The van der Waals surface area contributed by atoms with Gasteiger partial charge in [0.1, 0.15) is 12.4 Å². The molecule has 7 heteroatoms. The molecule has 0 fully saturated rings. The number of amides is 1. The predicted molar refractivity (Wildman–Crippen MR) is 94.6 cm³/mol. The fourth-order valence-electron chi connectivity index (χ4n) is 2.25. The maximum atomic E-state index is 11.7. The summed E-state index contributed by atoms with van der Waals surface area (Å²) >= 11 is 0. The molecule has 0 aliphatic rings. The summed E-state index contributed by atoms with van der Waals surface area (Å²) in [6.45, 7) is 0.576. The van der Waals surface area contributed by atoms with Crippen LogP contribution in [-0.2, 0) is 17.8 Å². The van der Waals surface area contributed by atoms with Gasteiger partial charge in [0.25, 0.3) is 0 Å². The Labute approximate surface area is 151 Å². The summed E-state index contributed by atoms with van der Waals surface area (Å²) in [5, 5.41) is 10.7. The van der Waals surface area contributed by atoms with Crippen LogP contribution in [0.2, 0.25) is 0 Å². The molecule has 0 saturated carbocycles. The monoisotopic (exact) mass is 353 g/mol.